The van der Waals surface area contributed by atoms with Gasteiger partial charge in [-0.15, -0.1) is 0 Å². The fourth-order valence-electron chi connectivity index (χ4n) is 1.83. The van der Waals surface area contributed by atoms with Crippen LogP contribution < -0.4 is 5.32 Å². The SMILES string of the molecule is COC(=O)c1ccc(CNC(=O)c2cc(Cl)ccc2Cl)cc1. The molecule has 0 spiro atoms. The quantitative estimate of drug-likeness (QED) is 0.865. The monoisotopic (exact) mass is 337 g/mol. The molecule has 0 fully saturated rings. The Morgan fingerprint density at radius 2 is 1.77 bits per heavy atom. The lowest BCUT2D eigenvalue weighted by atomic mass is 10.1. The predicted octanol–water partition coefficient (Wildman–Crippen LogP) is 3.71. The zero-order valence-corrected chi connectivity index (χ0v) is 13.2. The molecule has 0 aliphatic carbocycles. The number of amides is 1. The second kappa shape index (κ2) is 7.29. The Bertz CT molecular complexity index is 699. The van der Waals surface area contributed by atoms with Gasteiger partial charge in [0.2, 0.25) is 0 Å². The Labute approximate surface area is 138 Å². The average molecular weight is 338 g/mol. The molecule has 0 bridgehead atoms. The predicted molar refractivity (Wildman–Crippen MR) is 85.4 cm³/mol. The van der Waals surface area contributed by atoms with Crippen LogP contribution in [0.3, 0.4) is 0 Å². The van der Waals surface area contributed by atoms with E-state index in [4.69, 9.17) is 23.2 Å². The van der Waals surface area contributed by atoms with Crippen LogP contribution in [0.15, 0.2) is 42.5 Å². The van der Waals surface area contributed by atoms with Crippen molar-refractivity contribution in [3.63, 3.8) is 0 Å². The van der Waals surface area contributed by atoms with Gasteiger partial charge < -0.3 is 10.1 Å². The molecule has 0 unspecified atom stereocenters. The molecule has 0 atom stereocenters. The highest BCUT2D eigenvalue weighted by Crippen LogP contribution is 2.20. The van der Waals surface area contributed by atoms with Gasteiger partial charge in [-0.25, -0.2) is 4.79 Å². The fraction of sp³-hybridized carbons (Fsp3) is 0.125. The number of rotatable bonds is 4. The Hall–Kier alpha value is -2.04. The average Bonchev–Trinajstić information content (AvgIpc) is 2.54. The maximum atomic E-state index is 12.1. The maximum absolute atomic E-state index is 12.1. The van der Waals surface area contributed by atoms with E-state index in [0.29, 0.717) is 27.7 Å². The number of carbonyl (C=O) groups is 2. The van der Waals surface area contributed by atoms with Crippen LogP contribution in [0.25, 0.3) is 0 Å². The van der Waals surface area contributed by atoms with E-state index in [-0.39, 0.29) is 5.91 Å². The molecule has 2 rings (SSSR count). The normalized spacial score (nSPS) is 10.1. The zero-order valence-electron chi connectivity index (χ0n) is 11.7. The van der Waals surface area contributed by atoms with Crippen LogP contribution in [0, 0.1) is 0 Å². The molecule has 2 aromatic rings. The second-order valence-electron chi connectivity index (χ2n) is 4.50. The standard InChI is InChI=1S/C16H13Cl2NO3/c1-22-16(21)11-4-2-10(3-5-11)9-19-15(20)13-8-12(17)6-7-14(13)18/h2-8H,9H2,1H3,(H,19,20). The number of hydrogen-bond acceptors (Lipinski definition) is 3. The highest BCUT2D eigenvalue weighted by Gasteiger charge is 2.11. The van der Waals surface area contributed by atoms with Gasteiger partial charge in [-0.1, -0.05) is 35.3 Å². The van der Waals surface area contributed by atoms with Crippen molar-refractivity contribution in [3.05, 3.63) is 69.2 Å². The summed E-state index contributed by atoms with van der Waals surface area (Å²) in [4.78, 5) is 23.4. The van der Waals surface area contributed by atoms with Crippen LogP contribution in [0.4, 0.5) is 0 Å². The van der Waals surface area contributed by atoms with Crippen molar-refractivity contribution in [2.45, 2.75) is 6.54 Å². The third kappa shape index (κ3) is 4.00. The van der Waals surface area contributed by atoms with Gasteiger partial charge in [0.15, 0.2) is 0 Å². The molecule has 6 heteroatoms. The second-order valence-corrected chi connectivity index (χ2v) is 5.34. The first-order chi connectivity index (χ1) is 10.5. The van der Waals surface area contributed by atoms with Crippen molar-refractivity contribution in [1.29, 1.82) is 0 Å². The van der Waals surface area contributed by atoms with Gasteiger partial charge in [-0.2, -0.15) is 0 Å². The van der Waals surface area contributed by atoms with E-state index in [2.05, 4.69) is 10.1 Å². The minimum atomic E-state index is -0.402. The Morgan fingerprint density at radius 3 is 2.41 bits per heavy atom. The van der Waals surface area contributed by atoms with E-state index in [0.717, 1.165) is 5.56 Å². The smallest absolute Gasteiger partial charge is 0.337 e. The van der Waals surface area contributed by atoms with Gasteiger partial charge in [-0.05, 0) is 35.9 Å². The lowest BCUT2D eigenvalue weighted by molar-refractivity contribution is 0.0600. The minimum absolute atomic E-state index is 0.309. The molecule has 4 nitrogen and oxygen atoms in total. The fourth-order valence-corrected chi connectivity index (χ4v) is 2.20. The van der Waals surface area contributed by atoms with E-state index in [9.17, 15) is 9.59 Å². The summed E-state index contributed by atoms with van der Waals surface area (Å²) in [6, 6.07) is 11.5. The maximum Gasteiger partial charge on any atom is 0.337 e. The van der Waals surface area contributed by atoms with E-state index in [1.807, 2.05) is 0 Å². The summed E-state index contributed by atoms with van der Waals surface area (Å²) in [5.41, 5.74) is 1.62. The first-order valence-electron chi connectivity index (χ1n) is 6.42. The van der Waals surface area contributed by atoms with E-state index < -0.39 is 5.97 Å². The van der Waals surface area contributed by atoms with Crippen molar-refractivity contribution in [3.8, 4) is 0 Å². The number of halogens is 2. The number of carbonyl (C=O) groups excluding carboxylic acids is 2. The number of esters is 1. The highest BCUT2D eigenvalue weighted by atomic mass is 35.5. The molecule has 0 heterocycles. The third-order valence-corrected chi connectivity index (χ3v) is 3.57. The topological polar surface area (TPSA) is 55.4 Å². The highest BCUT2D eigenvalue weighted by molar-refractivity contribution is 6.35. The van der Waals surface area contributed by atoms with Crippen LogP contribution in [-0.2, 0) is 11.3 Å². The van der Waals surface area contributed by atoms with Crippen molar-refractivity contribution < 1.29 is 14.3 Å². The number of hydrogen-bond donors (Lipinski definition) is 1. The molecule has 0 radical (unpaired) electrons. The molecule has 0 saturated carbocycles. The summed E-state index contributed by atoms with van der Waals surface area (Å²) in [5.74, 6) is -0.717. The zero-order chi connectivity index (χ0) is 16.1. The van der Waals surface area contributed by atoms with Gasteiger partial charge in [0, 0.05) is 11.6 Å². The van der Waals surface area contributed by atoms with Gasteiger partial charge >= 0.3 is 5.97 Å². The van der Waals surface area contributed by atoms with Crippen molar-refractivity contribution >= 4 is 35.1 Å². The summed E-state index contributed by atoms with van der Waals surface area (Å²) in [5, 5.41) is 3.53. The molecular formula is C16H13Cl2NO3. The Kier molecular flexibility index (Phi) is 5.41. The molecule has 0 aromatic heterocycles. The third-order valence-electron chi connectivity index (χ3n) is 3.00. The first kappa shape index (κ1) is 16.3. The molecule has 2 aromatic carbocycles. The molecule has 0 aliphatic heterocycles. The molecule has 0 saturated heterocycles. The Morgan fingerprint density at radius 1 is 1.09 bits per heavy atom. The molecule has 22 heavy (non-hydrogen) atoms. The van der Waals surface area contributed by atoms with Crippen LogP contribution in [-0.4, -0.2) is 19.0 Å². The van der Waals surface area contributed by atoms with Crippen LogP contribution >= 0.6 is 23.2 Å². The van der Waals surface area contributed by atoms with E-state index >= 15 is 0 Å². The van der Waals surface area contributed by atoms with Crippen molar-refractivity contribution in [2.75, 3.05) is 7.11 Å². The largest absolute Gasteiger partial charge is 0.465 e. The minimum Gasteiger partial charge on any atom is -0.465 e. The lowest BCUT2D eigenvalue weighted by Gasteiger charge is -2.08. The van der Waals surface area contributed by atoms with Crippen LogP contribution in [0.5, 0.6) is 0 Å². The van der Waals surface area contributed by atoms with Crippen molar-refractivity contribution in [2.24, 2.45) is 0 Å². The Balaban J connectivity index is 2.02. The van der Waals surface area contributed by atoms with Gasteiger partial charge in [0.05, 0.1) is 23.3 Å². The molecule has 0 aliphatic rings. The first-order valence-corrected chi connectivity index (χ1v) is 7.17. The summed E-state index contributed by atoms with van der Waals surface area (Å²) in [6.45, 7) is 0.309. The summed E-state index contributed by atoms with van der Waals surface area (Å²) in [7, 11) is 1.32. The lowest BCUT2D eigenvalue weighted by Crippen LogP contribution is -2.23. The molecule has 114 valence electrons. The van der Waals surface area contributed by atoms with Gasteiger partial charge in [0.1, 0.15) is 0 Å². The van der Waals surface area contributed by atoms with Crippen LogP contribution in [0.1, 0.15) is 26.3 Å². The van der Waals surface area contributed by atoms with E-state index in [1.54, 1.807) is 36.4 Å². The molecular weight excluding hydrogens is 325 g/mol. The number of ether oxygens (including phenoxy) is 1. The van der Waals surface area contributed by atoms with Gasteiger partial charge in [0.25, 0.3) is 5.91 Å². The molecule has 1 amide bonds. The molecule has 1 N–H and O–H groups in total. The van der Waals surface area contributed by atoms with Gasteiger partial charge in [-0.3, -0.25) is 4.79 Å². The van der Waals surface area contributed by atoms with Crippen LogP contribution in [0.2, 0.25) is 10.0 Å². The van der Waals surface area contributed by atoms with Crippen molar-refractivity contribution in [1.82, 2.24) is 5.32 Å². The number of nitrogens with one attached hydrogen (secondary N) is 1. The number of methoxy groups -OCH3 is 1. The van der Waals surface area contributed by atoms with E-state index in [1.165, 1.54) is 13.2 Å². The summed E-state index contributed by atoms with van der Waals surface area (Å²) in [6.07, 6.45) is 0. The number of benzene rings is 2. The summed E-state index contributed by atoms with van der Waals surface area (Å²) >= 11 is 11.8. The summed E-state index contributed by atoms with van der Waals surface area (Å²) < 4.78 is 4.62.